The zero-order valence-electron chi connectivity index (χ0n) is 24.4. The number of rotatable bonds is 6. The number of hydrogen-bond acceptors (Lipinski definition) is 7. The van der Waals surface area contributed by atoms with Gasteiger partial charge in [-0.3, -0.25) is 0 Å². The number of ether oxygens (including phenoxy) is 1. The summed E-state index contributed by atoms with van der Waals surface area (Å²) in [4.78, 5) is 10.5. The maximum atomic E-state index is 14.2. The lowest BCUT2D eigenvalue weighted by atomic mass is 9.94. The van der Waals surface area contributed by atoms with E-state index in [1.54, 1.807) is 42.2 Å². The number of aryl methyl sites for hydroxylation is 1. The minimum Gasteiger partial charge on any atom is -0.495 e. The molecule has 15 heteroatoms. The number of imidazole rings is 1. The molecule has 0 bridgehead atoms. The van der Waals surface area contributed by atoms with E-state index in [2.05, 4.69) is 10.1 Å². The molecular weight excluding hydrogens is 612 g/mol. The van der Waals surface area contributed by atoms with Crippen molar-refractivity contribution in [3.63, 3.8) is 0 Å². The van der Waals surface area contributed by atoms with Gasteiger partial charge < -0.3 is 29.9 Å². The van der Waals surface area contributed by atoms with Gasteiger partial charge in [-0.1, -0.05) is 36.7 Å². The normalized spacial score (nSPS) is 22.7. The van der Waals surface area contributed by atoms with E-state index in [4.69, 9.17) is 15.3 Å². The zero-order chi connectivity index (χ0) is 32.6. The van der Waals surface area contributed by atoms with Crippen molar-refractivity contribution in [2.24, 2.45) is 10.9 Å². The van der Waals surface area contributed by atoms with Crippen molar-refractivity contribution in [1.29, 1.82) is 0 Å². The first-order valence-corrected chi connectivity index (χ1v) is 15.3. The second-order valence-corrected chi connectivity index (χ2v) is 13.2. The largest absolute Gasteiger partial charge is 0.495 e. The van der Waals surface area contributed by atoms with Crippen LogP contribution in [0.5, 0.6) is 5.75 Å². The lowest BCUT2D eigenvalue weighted by Gasteiger charge is -2.52. The Bertz CT molecular complexity index is 1620. The molecule has 8 nitrogen and oxygen atoms in total. The summed E-state index contributed by atoms with van der Waals surface area (Å²) >= 11 is 0. The fraction of sp³-hybridized carbons (Fsp3) is 0.310. The van der Waals surface area contributed by atoms with E-state index in [-0.39, 0.29) is 17.0 Å². The monoisotopic (exact) mass is 645 g/mol. The Morgan fingerprint density at radius 2 is 1.84 bits per heavy atom. The van der Waals surface area contributed by atoms with Gasteiger partial charge in [-0.2, -0.15) is 0 Å². The fourth-order valence-corrected chi connectivity index (χ4v) is 5.68. The Labute approximate surface area is 250 Å². The van der Waals surface area contributed by atoms with Crippen LogP contribution in [0.4, 0.5) is 23.8 Å². The van der Waals surface area contributed by atoms with Crippen LogP contribution < -0.4 is 10.5 Å². The molecule has 5 rings (SSSR count). The molecule has 1 saturated heterocycles. The molecule has 0 saturated carbocycles. The Balaban J connectivity index is 0.000000818. The highest BCUT2D eigenvalue weighted by Crippen LogP contribution is 3.01. The Hall–Kier alpha value is -4.11. The molecule has 44 heavy (non-hydrogen) atoms. The number of halogens is 6. The van der Waals surface area contributed by atoms with Crippen LogP contribution in [0.15, 0.2) is 77.5 Å². The summed E-state index contributed by atoms with van der Waals surface area (Å²) < 4.78 is 91.5. The first-order valence-electron chi connectivity index (χ1n) is 13.3. The molecule has 1 aromatic heterocycles. The number of hydrogen-bond donors (Lipinski definition) is 2. The number of methoxy groups -OCH3 is 1. The van der Waals surface area contributed by atoms with E-state index >= 15 is 0 Å². The third-order valence-corrected chi connectivity index (χ3v) is 8.80. The van der Waals surface area contributed by atoms with E-state index in [0.717, 1.165) is 28.4 Å². The van der Waals surface area contributed by atoms with Crippen LogP contribution in [0.1, 0.15) is 37.1 Å². The molecule has 2 atom stereocenters. The standard InChI is InChI=1S/C25H24F6N4O3S.C4H9N/c1-16-12-34(15-32-16)22-8-3-17(10-23(22)37-2)9-18-11-21(39(27,28,29,30)31)13-35-24(18)33-38-25(35,14-36)19-4-6-20(26)7-5-19;1-3-4(2)5/h3-10,12,15,21,36H,11,13-14H2,1-2H3;3H,5H2,1-2H3/b18-9+;4-3+. The molecule has 0 radical (unpaired) electrons. The van der Waals surface area contributed by atoms with Gasteiger partial charge in [-0.25, -0.2) is 9.37 Å². The van der Waals surface area contributed by atoms with Crippen LogP contribution >= 0.6 is 10.2 Å². The minimum atomic E-state index is -10.0. The lowest BCUT2D eigenvalue weighted by molar-refractivity contribution is -0.137. The molecule has 0 amide bonds. The average Bonchev–Trinajstić information content (AvgIpc) is 3.56. The number of aliphatic hydroxyl groups is 1. The van der Waals surface area contributed by atoms with Crippen molar-refractivity contribution < 1.29 is 38.5 Å². The topological polar surface area (TPSA) is 98.1 Å². The van der Waals surface area contributed by atoms with Crippen LogP contribution in [0.3, 0.4) is 0 Å². The number of amidine groups is 1. The second-order valence-electron chi connectivity index (χ2n) is 10.5. The van der Waals surface area contributed by atoms with Gasteiger partial charge in [0.2, 0.25) is 0 Å². The van der Waals surface area contributed by atoms with Crippen LogP contribution in [-0.4, -0.2) is 50.9 Å². The van der Waals surface area contributed by atoms with Crippen LogP contribution in [0.25, 0.3) is 11.8 Å². The van der Waals surface area contributed by atoms with Crippen LogP contribution in [0.2, 0.25) is 0 Å². The zero-order valence-corrected chi connectivity index (χ0v) is 25.2. The maximum absolute atomic E-state index is 14.2. The number of allylic oxidation sites excluding steroid dienone is 2. The van der Waals surface area contributed by atoms with E-state index in [0.29, 0.717) is 17.0 Å². The summed E-state index contributed by atoms with van der Waals surface area (Å²) in [6, 6.07) is 9.21. The number of aliphatic hydroxyl groups excluding tert-OH is 1. The minimum absolute atomic E-state index is 0.0500. The summed E-state index contributed by atoms with van der Waals surface area (Å²) in [6.45, 7) is 3.43. The number of aromatic nitrogens is 2. The van der Waals surface area contributed by atoms with Gasteiger partial charge >= 0.3 is 0 Å². The molecule has 3 N–H and O–H groups in total. The predicted molar refractivity (Wildman–Crippen MR) is 158 cm³/mol. The predicted octanol–water partition coefficient (Wildman–Crippen LogP) is 7.14. The van der Waals surface area contributed by atoms with E-state index < -0.39 is 46.6 Å². The van der Waals surface area contributed by atoms with Gasteiger partial charge in [0, 0.05) is 29.6 Å². The summed E-state index contributed by atoms with van der Waals surface area (Å²) in [5.74, 6) is -0.419. The van der Waals surface area contributed by atoms with Crippen molar-refractivity contribution in [2.45, 2.75) is 38.2 Å². The molecule has 0 aliphatic carbocycles. The molecule has 240 valence electrons. The van der Waals surface area contributed by atoms with Crippen LogP contribution in [0, 0.1) is 12.7 Å². The molecule has 2 aliphatic rings. The smallest absolute Gasteiger partial charge is 0.290 e. The Kier molecular flexibility index (Phi) is 8.28. The van der Waals surface area contributed by atoms with Gasteiger partial charge in [-0.15, -0.1) is 0 Å². The summed E-state index contributed by atoms with van der Waals surface area (Å²) in [5.41, 5.74) is 5.57. The van der Waals surface area contributed by atoms with Crippen molar-refractivity contribution >= 4 is 22.1 Å². The van der Waals surface area contributed by atoms with Crippen LogP contribution in [-0.2, 0) is 10.6 Å². The number of piperidine rings is 1. The molecule has 0 spiro atoms. The SMILES string of the molecule is C/C=C(\C)N.COc1cc(/C=C2\CC(S(F)(F)(F)(F)F)CN3C2=NOC3(CO)c2ccc(F)cc2)ccc1-n1cnc(C)c1. The third-order valence-electron chi connectivity index (χ3n) is 7.23. The van der Waals surface area contributed by atoms with Gasteiger partial charge in [0.05, 0.1) is 24.8 Å². The van der Waals surface area contributed by atoms with Gasteiger partial charge in [-0.05, 0) is 75.2 Å². The van der Waals surface area contributed by atoms with Gasteiger partial charge in [0.25, 0.3) is 15.9 Å². The first-order chi connectivity index (χ1) is 20.4. The highest BCUT2D eigenvalue weighted by atomic mass is 32.5. The Morgan fingerprint density at radius 3 is 2.36 bits per heavy atom. The molecule has 2 aromatic carbocycles. The number of nitrogens with zero attached hydrogens (tertiary/aromatic N) is 4. The fourth-order valence-electron chi connectivity index (χ4n) is 4.76. The van der Waals surface area contributed by atoms with Crippen molar-refractivity contribution in [3.8, 4) is 11.4 Å². The highest BCUT2D eigenvalue weighted by molar-refractivity contribution is 8.46. The van der Waals surface area contributed by atoms with Crippen molar-refractivity contribution in [2.75, 3.05) is 20.3 Å². The quantitative estimate of drug-likeness (QED) is 0.277. The summed E-state index contributed by atoms with van der Waals surface area (Å²) in [6.07, 6.45) is 5.42. The van der Waals surface area contributed by atoms with E-state index in [1.165, 1.54) is 25.3 Å². The number of nitrogens with two attached hydrogens (primary N) is 1. The van der Waals surface area contributed by atoms with Gasteiger partial charge in [0.15, 0.2) is 5.84 Å². The van der Waals surface area contributed by atoms with Crippen molar-refractivity contribution in [3.05, 3.63) is 95.0 Å². The molecule has 3 aromatic rings. The summed E-state index contributed by atoms with van der Waals surface area (Å²) in [5, 5.41) is 11.1. The number of fused-ring (bicyclic) bond motifs is 1. The first kappa shape index (κ1) is 32.8. The molecule has 2 unspecified atom stereocenters. The third kappa shape index (κ3) is 6.83. The summed E-state index contributed by atoms with van der Waals surface area (Å²) in [7, 11) is -8.62. The second kappa shape index (κ2) is 11.1. The van der Waals surface area contributed by atoms with Crippen molar-refractivity contribution in [1.82, 2.24) is 14.5 Å². The molecular formula is C29H33F6N5O3S. The average molecular weight is 646 g/mol. The number of benzene rings is 2. The molecule has 1 fully saturated rings. The molecule has 2 aliphatic heterocycles. The number of oxime groups is 1. The maximum Gasteiger partial charge on any atom is 0.290 e. The highest BCUT2D eigenvalue weighted by Gasteiger charge is 2.72. The lowest BCUT2D eigenvalue weighted by Crippen LogP contribution is -2.56. The van der Waals surface area contributed by atoms with E-state index in [9.17, 15) is 28.9 Å². The van der Waals surface area contributed by atoms with E-state index in [1.807, 2.05) is 19.9 Å². The Morgan fingerprint density at radius 1 is 1.18 bits per heavy atom. The van der Waals surface area contributed by atoms with Gasteiger partial charge in [0.1, 0.15) is 23.4 Å². The molecule has 3 heterocycles.